The van der Waals surface area contributed by atoms with Crippen molar-refractivity contribution in [1.82, 2.24) is 5.32 Å². The van der Waals surface area contributed by atoms with Crippen molar-refractivity contribution >= 4 is 29.1 Å². The highest BCUT2D eigenvalue weighted by molar-refractivity contribution is 5.95. The third-order valence-electron chi connectivity index (χ3n) is 3.75. The zero-order valence-electron chi connectivity index (χ0n) is 16.9. The standard InChI is InChI=1S/C21H25N3O5/c1-13(2)22-21(27)24-17-7-5-6-16(11-17)23-20(26)12-29-18-9-8-15(14(3)25)10-19(18)28-4/h5-11,13H,12H2,1-4H3,(H,23,26)(H2,22,24,27). The number of carbonyl (C=O) groups is 3. The second kappa shape index (κ2) is 10.1. The number of hydrogen-bond acceptors (Lipinski definition) is 5. The van der Waals surface area contributed by atoms with E-state index in [9.17, 15) is 14.4 Å². The first-order chi connectivity index (χ1) is 13.8. The predicted octanol–water partition coefficient (Wildman–Crippen LogP) is 3.45. The predicted molar refractivity (Wildman–Crippen MR) is 111 cm³/mol. The lowest BCUT2D eigenvalue weighted by Gasteiger charge is -2.13. The molecule has 3 amide bonds. The van der Waals surface area contributed by atoms with Gasteiger partial charge in [0, 0.05) is 23.0 Å². The van der Waals surface area contributed by atoms with Crippen LogP contribution >= 0.6 is 0 Å². The summed E-state index contributed by atoms with van der Waals surface area (Å²) in [6.45, 7) is 4.93. The number of methoxy groups -OCH3 is 1. The minimum absolute atomic E-state index is 0.0107. The van der Waals surface area contributed by atoms with Gasteiger partial charge in [-0.2, -0.15) is 0 Å². The first-order valence-corrected chi connectivity index (χ1v) is 9.07. The molecule has 0 unspecified atom stereocenters. The van der Waals surface area contributed by atoms with Crippen molar-refractivity contribution in [1.29, 1.82) is 0 Å². The summed E-state index contributed by atoms with van der Waals surface area (Å²) in [5.41, 5.74) is 1.55. The average molecular weight is 399 g/mol. The molecule has 0 aliphatic carbocycles. The molecule has 0 aromatic heterocycles. The van der Waals surface area contributed by atoms with E-state index in [1.54, 1.807) is 42.5 Å². The first-order valence-electron chi connectivity index (χ1n) is 9.07. The van der Waals surface area contributed by atoms with Gasteiger partial charge in [-0.15, -0.1) is 0 Å². The third kappa shape index (κ3) is 6.84. The molecule has 0 spiro atoms. The molecule has 8 nitrogen and oxygen atoms in total. The van der Waals surface area contributed by atoms with Gasteiger partial charge in [-0.25, -0.2) is 4.79 Å². The van der Waals surface area contributed by atoms with Crippen LogP contribution in [0.25, 0.3) is 0 Å². The fraction of sp³-hybridized carbons (Fsp3) is 0.286. The second-order valence-electron chi connectivity index (χ2n) is 6.59. The number of urea groups is 1. The molecule has 0 aliphatic rings. The summed E-state index contributed by atoms with van der Waals surface area (Å²) in [4.78, 5) is 35.4. The number of ketones is 1. The Hall–Kier alpha value is -3.55. The molecule has 0 saturated heterocycles. The van der Waals surface area contributed by atoms with Crippen LogP contribution in [-0.2, 0) is 4.79 Å². The number of Topliss-reactive ketones (excluding diaryl/α,β-unsaturated/α-hetero) is 1. The van der Waals surface area contributed by atoms with Crippen molar-refractivity contribution in [2.24, 2.45) is 0 Å². The van der Waals surface area contributed by atoms with E-state index in [4.69, 9.17) is 9.47 Å². The number of amides is 3. The van der Waals surface area contributed by atoms with Crippen LogP contribution in [0.1, 0.15) is 31.1 Å². The molecule has 0 heterocycles. The van der Waals surface area contributed by atoms with E-state index in [1.807, 2.05) is 13.8 Å². The number of anilines is 2. The summed E-state index contributed by atoms with van der Waals surface area (Å²) < 4.78 is 10.7. The van der Waals surface area contributed by atoms with Gasteiger partial charge in [-0.1, -0.05) is 6.07 Å². The zero-order valence-corrected chi connectivity index (χ0v) is 16.9. The van der Waals surface area contributed by atoms with E-state index in [0.717, 1.165) is 0 Å². The maximum absolute atomic E-state index is 12.2. The highest BCUT2D eigenvalue weighted by Crippen LogP contribution is 2.28. The van der Waals surface area contributed by atoms with Gasteiger partial charge in [0.15, 0.2) is 23.9 Å². The van der Waals surface area contributed by atoms with E-state index in [0.29, 0.717) is 28.4 Å². The quantitative estimate of drug-likeness (QED) is 0.590. The summed E-state index contributed by atoms with van der Waals surface area (Å²) >= 11 is 0. The summed E-state index contributed by atoms with van der Waals surface area (Å²) in [6.07, 6.45) is 0. The number of ether oxygens (including phenoxy) is 2. The SMILES string of the molecule is COc1cc(C(C)=O)ccc1OCC(=O)Nc1cccc(NC(=O)NC(C)C)c1. The molecule has 2 aromatic carbocycles. The molecular weight excluding hydrogens is 374 g/mol. The van der Waals surface area contributed by atoms with Gasteiger partial charge in [0.1, 0.15) is 0 Å². The highest BCUT2D eigenvalue weighted by atomic mass is 16.5. The van der Waals surface area contributed by atoms with Crippen LogP contribution in [-0.4, -0.2) is 37.5 Å². The van der Waals surface area contributed by atoms with E-state index in [2.05, 4.69) is 16.0 Å². The van der Waals surface area contributed by atoms with Crippen LogP contribution in [0.3, 0.4) is 0 Å². The lowest BCUT2D eigenvalue weighted by atomic mass is 10.1. The molecule has 0 fully saturated rings. The second-order valence-corrected chi connectivity index (χ2v) is 6.59. The highest BCUT2D eigenvalue weighted by Gasteiger charge is 2.11. The molecule has 29 heavy (non-hydrogen) atoms. The lowest BCUT2D eigenvalue weighted by molar-refractivity contribution is -0.118. The maximum Gasteiger partial charge on any atom is 0.319 e. The first kappa shape index (κ1) is 21.7. The largest absolute Gasteiger partial charge is 0.493 e. The molecule has 2 aromatic rings. The minimum Gasteiger partial charge on any atom is -0.493 e. The van der Waals surface area contributed by atoms with Gasteiger partial charge in [0.2, 0.25) is 0 Å². The van der Waals surface area contributed by atoms with E-state index in [1.165, 1.54) is 14.0 Å². The zero-order chi connectivity index (χ0) is 21.4. The van der Waals surface area contributed by atoms with Crippen LogP contribution in [0, 0.1) is 0 Å². The molecule has 154 valence electrons. The fourth-order valence-electron chi connectivity index (χ4n) is 2.45. The average Bonchev–Trinajstić information content (AvgIpc) is 2.65. The van der Waals surface area contributed by atoms with Gasteiger partial charge >= 0.3 is 6.03 Å². The van der Waals surface area contributed by atoms with Crippen LogP contribution in [0.2, 0.25) is 0 Å². The normalized spacial score (nSPS) is 10.2. The molecule has 0 atom stereocenters. The minimum atomic E-state index is -0.383. The molecule has 3 N–H and O–H groups in total. The van der Waals surface area contributed by atoms with Crippen molar-refractivity contribution in [2.45, 2.75) is 26.8 Å². The number of nitrogens with one attached hydrogen (secondary N) is 3. The Labute approximate surface area is 169 Å². The molecule has 2 rings (SSSR count). The number of benzene rings is 2. The monoisotopic (exact) mass is 399 g/mol. The van der Waals surface area contributed by atoms with Gasteiger partial charge in [-0.3, -0.25) is 9.59 Å². The summed E-state index contributed by atoms with van der Waals surface area (Å²) in [5, 5.41) is 8.12. The Kier molecular flexibility index (Phi) is 7.59. The number of hydrogen-bond donors (Lipinski definition) is 3. The van der Waals surface area contributed by atoms with E-state index >= 15 is 0 Å². The molecule has 8 heteroatoms. The lowest BCUT2D eigenvalue weighted by Crippen LogP contribution is -2.34. The summed E-state index contributed by atoms with van der Waals surface area (Å²) in [5.74, 6) is 0.246. The molecule has 0 saturated carbocycles. The van der Waals surface area contributed by atoms with Gasteiger partial charge in [0.25, 0.3) is 5.91 Å². The van der Waals surface area contributed by atoms with Crippen molar-refractivity contribution < 1.29 is 23.9 Å². The number of rotatable bonds is 8. The summed E-state index contributed by atoms with van der Waals surface area (Å²) in [6, 6.07) is 11.2. The molecule has 0 bridgehead atoms. The van der Waals surface area contributed by atoms with Gasteiger partial charge < -0.3 is 25.4 Å². The molecular formula is C21H25N3O5. The van der Waals surface area contributed by atoms with Crippen molar-refractivity contribution in [3.63, 3.8) is 0 Å². The van der Waals surface area contributed by atoms with Crippen molar-refractivity contribution in [3.8, 4) is 11.5 Å². The Bertz CT molecular complexity index is 896. The fourth-order valence-corrected chi connectivity index (χ4v) is 2.45. The van der Waals surface area contributed by atoms with Crippen LogP contribution < -0.4 is 25.4 Å². The summed E-state index contributed by atoms with van der Waals surface area (Å²) in [7, 11) is 1.46. The maximum atomic E-state index is 12.2. The van der Waals surface area contributed by atoms with Crippen molar-refractivity contribution in [3.05, 3.63) is 48.0 Å². The Morgan fingerprint density at radius 3 is 2.28 bits per heavy atom. The van der Waals surface area contributed by atoms with Gasteiger partial charge in [0.05, 0.1) is 7.11 Å². The van der Waals surface area contributed by atoms with Crippen LogP contribution in [0.5, 0.6) is 11.5 Å². The van der Waals surface area contributed by atoms with Crippen molar-refractivity contribution in [2.75, 3.05) is 24.4 Å². The molecule has 0 radical (unpaired) electrons. The Morgan fingerprint density at radius 2 is 1.66 bits per heavy atom. The Morgan fingerprint density at radius 1 is 0.966 bits per heavy atom. The van der Waals surface area contributed by atoms with Crippen LogP contribution in [0.15, 0.2) is 42.5 Å². The van der Waals surface area contributed by atoms with E-state index < -0.39 is 0 Å². The Balaban J connectivity index is 1.95. The third-order valence-corrected chi connectivity index (χ3v) is 3.75. The molecule has 0 aliphatic heterocycles. The van der Waals surface area contributed by atoms with Crippen LogP contribution in [0.4, 0.5) is 16.2 Å². The van der Waals surface area contributed by atoms with Gasteiger partial charge in [-0.05, 0) is 57.2 Å². The number of carbonyl (C=O) groups excluding carboxylic acids is 3. The smallest absolute Gasteiger partial charge is 0.319 e. The topological polar surface area (TPSA) is 106 Å². The van der Waals surface area contributed by atoms with E-state index in [-0.39, 0.29) is 30.4 Å².